The van der Waals surface area contributed by atoms with Gasteiger partial charge in [0.1, 0.15) is 12.1 Å². The number of halogens is 1. The molecule has 246 valence electrons. The van der Waals surface area contributed by atoms with Gasteiger partial charge in [-0.05, 0) is 105 Å². The summed E-state index contributed by atoms with van der Waals surface area (Å²) in [5.74, 6) is -0.381. The molecule has 0 unspecified atom stereocenters. The molecule has 1 N–H and O–H groups in total. The maximum absolute atomic E-state index is 14.2. The van der Waals surface area contributed by atoms with Gasteiger partial charge >= 0.3 is 0 Å². The lowest BCUT2D eigenvalue weighted by atomic mass is 10.1. The summed E-state index contributed by atoms with van der Waals surface area (Å²) >= 11 is 6.14. The van der Waals surface area contributed by atoms with E-state index in [0.717, 1.165) is 48.8 Å². The monoisotopic (exact) mass is 669 g/mol. The van der Waals surface area contributed by atoms with E-state index < -0.39 is 22.1 Å². The van der Waals surface area contributed by atoms with Gasteiger partial charge in [-0.2, -0.15) is 4.31 Å². The third-order valence-corrected chi connectivity index (χ3v) is 11.3. The molecule has 11 nitrogen and oxygen atoms in total. The van der Waals surface area contributed by atoms with Crippen molar-refractivity contribution in [1.29, 1.82) is 0 Å². The fourth-order valence-corrected chi connectivity index (χ4v) is 8.63. The van der Waals surface area contributed by atoms with E-state index in [1.165, 1.54) is 17.1 Å². The highest BCUT2D eigenvalue weighted by Crippen LogP contribution is 2.31. The number of hydrogen-bond donors (Lipinski definition) is 1. The summed E-state index contributed by atoms with van der Waals surface area (Å²) in [7, 11) is -4.09. The highest BCUT2D eigenvalue weighted by Gasteiger charge is 2.46. The zero-order chi connectivity index (χ0) is 32.8. The molecule has 1 aromatic heterocycles. The maximum Gasteiger partial charge on any atom is 0.290 e. The Labute approximate surface area is 274 Å². The van der Waals surface area contributed by atoms with Crippen molar-refractivity contribution in [2.45, 2.75) is 68.6 Å². The fraction of sp³-hybridized carbons (Fsp3) is 0.455. The Hall–Kier alpha value is -3.58. The van der Waals surface area contributed by atoms with Gasteiger partial charge in [-0.1, -0.05) is 23.7 Å². The number of fused-ring (bicyclic) bond motifs is 1. The van der Waals surface area contributed by atoms with E-state index in [0.29, 0.717) is 24.5 Å². The van der Waals surface area contributed by atoms with Gasteiger partial charge in [0, 0.05) is 49.6 Å². The quantitative estimate of drug-likeness (QED) is 0.340. The van der Waals surface area contributed by atoms with Crippen LogP contribution in [0, 0.1) is 0 Å². The van der Waals surface area contributed by atoms with Gasteiger partial charge in [0.15, 0.2) is 0 Å². The van der Waals surface area contributed by atoms with Crippen LogP contribution in [0.3, 0.4) is 0 Å². The molecule has 0 aliphatic carbocycles. The molecular formula is C33H40ClN5O6S. The topological polar surface area (TPSA) is 131 Å². The van der Waals surface area contributed by atoms with Crippen LogP contribution in [0.25, 0.3) is 10.8 Å². The molecule has 3 fully saturated rings. The molecule has 3 saturated heterocycles. The van der Waals surface area contributed by atoms with E-state index in [1.807, 2.05) is 4.90 Å². The van der Waals surface area contributed by atoms with Crippen molar-refractivity contribution in [3.05, 3.63) is 71.5 Å². The van der Waals surface area contributed by atoms with Crippen molar-refractivity contribution in [2.75, 3.05) is 32.7 Å². The molecule has 0 bridgehead atoms. The highest BCUT2D eigenvalue weighted by molar-refractivity contribution is 7.89. The van der Waals surface area contributed by atoms with Gasteiger partial charge in [0.25, 0.3) is 6.47 Å². The average molecular weight is 670 g/mol. The Morgan fingerprint density at radius 1 is 1.02 bits per heavy atom. The number of rotatable bonds is 9. The number of carboxylic acid groups (broad SMARTS) is 1. The fourth-order valence-electron chi connectivity index (χ4n) is 6.81. The van der Waals surface area contributed by atoms with E-state index in [1.54, 1.807) is 72.7 Å². The van der Waals surface area contributed by atoms with Crippen LogP contribution in [-0.2, 0) is 31.0 Å². The molecule has 0 spiro atoms. The van der Waals surface area contributed by atoms with Crippen molar-refractivity contribution in [3.8, 4) is 0 Å². The van der Waals surface area contributed by atoms with Crippen molar-refractivity contribution in [2.24, 2.45) is 0 Å². The molecular weight excluding hydrogens is 630 g/mol. The standard InChI is InChI=1S/C32H38ClN5O4S.CH2O2/c1-23(31(39)37-17-4-5-28(37)22-35-15-2-3-16-35)36-18-12-30(32(36)40)38(21-24-10-13-34-14-11-24)43(41,42)29-9-7-25-19-27(33)8-6-26(25)20-29;2-1-3/h6-11,13-14,19-20,23,28,30H,2-5,12,15-18,21-22H2,1H3;1H,(H,2,3)/t23-,28-,30-;/m0./s1. The molecule has 3 atom stereocenters. The largest absolute Gasteiger partial charge is 0.483 e. The second-order valence-corrected chi connectivity index (χ2v) is 14.3. The van der Waals surface area contributed by atoms with E-state index in [9.17, 15) is 18.0 Å². The number of pyridine rings is 1. The van der Waals surface area contributed by atoms with Crippen LogP contribution in [0.4, 0.5) is 0 Å². The Kier molecular flexibility index (Phi) is 10.9. The van der Waals surface area contributed by atoms with Gasteiger partial charge in [-0.25, -0.2) is 8.42 Å². The minimum absolute atomic E-state index is 0.0140. The van der Waals surface area contributed by atoms with E-state index in [4.69, 9.17) is 21.5 Å². The summed E-state index contributed by atoms with van der Waals surface area (Å²) in [5, 5.41) is 9.02. The molecule has 13 heteroatoms. The highest BCUT2D eigenvalue weighted by atomic mass is 35.5. The minimum atomic E-state index is -4.09. The zero-order valence-electron chi connectivity index (χ0n) is 25.9. The Balaban J connectivity index is 0.00000134. The SMILES string of the molecule is C[C@@H](C(=O)N1CCC[C@H]1CN1CCCC1)N1CC[C@H](N(Cc2ccncc2)S(=O)(=O)c2ccc3cc(Cl)ccc3c2)C1=O.O=CO. The maximum atomic E-state index is 14.2. The number of aromatic nitrogens is 1. The second kappa shape index (κ2) is 14.9. The second-order valence-electron chi connectivity index (χ2n) is 12.0. The summed E-state index contributed by atoms with van der Waals surface area (Å²) < 4.78 is 29.8. The lowest BCUT2D eigenvalue weighted by Gasteiger charge is -2.34. The molecule has 3 aliphatic heterocycles. The van der Waals surface area contributed by atoms with Crippen LogP contribution >= 0.6 is 11.6 Å². The molecule has 3 aliphatic rings. The first-order chi connectivity index (χ1) is 22.1. The number of sulfonamides is 1. The average Bonchev–Trinajstić information content (AvgIpc) is 3.82. The van der Waals surface area contributed by atoms with Gasteiger partial charge in [0.05, 0.1) is 4.90 Å². The number of amides is 2. The Morgan fingerprint density at radius 3 is 2.41 bits per heavy atom. The molecule has 3 aromatic rings. The smallest absolute Gasteiger partial charge is 0.290 e. The lowest BCUT2D eigenvalue weighted by Crippen LogP contribution is -2.53. The first-order valence-corrected chi connectivity index (χ1v) is 17.5. The first-order valence-electron chi connectivity index (χ1n) is 15.6. The molecule has 6 rings (SSSR count). The summed E-state index contributed by atoms with van der Waals surface area (Å²) in [4.78, 5) is 46.3. The van der Waals surface area contributed by atoms with E-state index in [-0.39, 0.29) is 35.8 Å². The molecule has 2 aromatic carbocycles. The molecule has 0 radical (unpaired) electrons. The van der Waals surface area contributed by atoms with Gasteiger partial charge in [-0.15, -0.1) is 0 Å². The van der Waals surface area contributed by atoms with Crippen LogP contribution in [-0.4, -0.2) is 107 Å². The van der Waals surface area contributed by atoms with Crippen LogP contribution < -0.4 is 0 Å². The zero-order valence-corrected chi connectivity index (χ0v) is 27.4. The van der Waals surface area contributed by atoms with Crippen molar-refractivity contribution < 1.29 is 27.9 Å². The number of likely N-dealkylation sites (tertiary alicyclic amines) is 3. The van der Waals surface area contributed by atoms with Crippen LogP contribution in [0.15, 0.2) is 65.8 Å². The number of benzene rings is 2. The van der Waals surface area contributed by atoms with Crippen LogP contribution in [0.5, 0.6) is 0 Å². The molecule has 0 saturated carbocycles. The normalized spacial score (nSPS) is 21.1. The van der Waals surface area contributed by atoms with Gasteiger partial charge in [-0.3, -0.25) is 19.4 Å². The number of nitrogens with zero attached hydrogens (tertiary/aromatic N) is 5. The van der Waals surface area contributed by atoms with Crippen molar-refractivity contribution in [3.63, 3.8) is 0 Å². The van der Waals surface area contributed by atoms with E-state index in [2.05, 4.69) is 9.88 Å². The van der Waals surface area contributed by atoms with Gasteiger partial charge < -0.3 is 19.8 Å². The predicted molar refractivity (Wildman–Crippen MR) is 175 cm³/mol. The van der Waals surface area contributed by atoms with Gasteiger partial charge in [0.2, 0.25) is 21.8 Å². The van der Waals surface area contributed by atoms with E-state index >= 15 is 0 Å². The summed E-state index contributed by atoms with van der Waals surface area (Å²) in [6.45, 7) is 5.60. The predicted octanol–water partition coefficient (Wildman–Crippen LogP) is 3.86. The number of carbonyl (C=O) groups excluding carboxylic acids is 2. The minimum Gasteiger partial charge on any atom is -0.483 e. The van der Waals surface area contributed by atoms with Crippen LogP contribution in [0.2, 0.25) is 5.02 Å². The third kappa shape index (κ3) is 7.35. The number of carbonyl (C=O) groups is 3. The number of hydrogen-bond acceptors (Lipinski definition) is 7. The molecule has 46 heavy (non-hydrogen) atoms. The van der Waals surface area contributed by atoms with Crippen LogP contribution in [0.1, 0.15) is 44.6 Å². The van der Waals surface area contributed by atoms with Crippen molar-refractivity contribution >= 4 is 50.7 Å². The Bertz CT molecular complexity index is 1650. The Morgan fingerprint density at radius 2 is 1.70 bits per heavy atom. The third-order valence-electron chi connectivity index (χ3n) is 9.18. The summed E-state index contributed by atoms with van der Waals surface area (Å²) in [6.07, 6.45) is 7.86. The molecule has 4 heterocycles. The molecule has 2 amide bonds. The first kappa shape index (κ1) is 33.8. The lowest BCUT2D eigenvalue weighted by molar-refractivity contribution is -0.144. The summed E-state index contributed by atoms with van der Waals surface area (Å²) in [6, 6.07) is 12.3. The van der Waals surface area contributed by atoms with Crippen molar-refractivity contribution in [1.82, 2.24) is 24.0 Å². The summed E-state index contributed by atoms with van der Waals surface area (Å²) in [5.41, 5.74) is 0.725.